The molecule has 1 amide bonds. The fraction of sp³-hybridized carbons (Fsp3) is 0.0500. The highest BCUT2D eigenvalue weighted by atomic mass is 19.4. The molecule has 146 valence electrons. The summed E-state index contributed by atoms with van der Waals surface area (Å²) in [6, 6.07) is 15.8. The first-order valence-electron chi connectivity index (χ1n) is 8.41. The lowest BCUT2D eigenvalue weighted by molar-refractivity contribution is -0.274. The number of rotatable bonds is 4. The van der Waals surface area contributed by atoms with E-state index in [1.165, 1.54) is 24.3 Å². The van der Waals surface area contributed by atoms with Crippen LogP contribution < -0.4 is 10.5 Å². The van der Waals surface area contributed by atoms with Crippen LogP contribution in [0.4, 0.5) is 13.2 Å². The average Bonchev–Trinajstić information content (AvgIpc) is 3.10. The van der Waals surface area contributed by atoms with Crippen molar-refractivity contribution in [3.63, 3.8) is 0 Å². The first kappa shape index (κ1) is 18.5. The summed E-state index contributed by atoms with van der Waals surface area (Å²) in [6.45, 7) is 0. The maximum absolute atomic E-state index is 12.3. The maximum Gasteiger partial charge on any atom is 0.573 e. The van der Waals surface area contributed by atoms with Crippen LogP contribution in [0.3, 0.4) is 0 Å². The monoisotopic (exact) mass is 398 g/mol. The number of benzene rings is 2. The predicted octanol–water partition coefficient (Wildman–Crippen LogP) is 4.06. The second-order valence-corrected chi connectivity index (χ2v) is 6.18. The largest absolute Gasteiger partial charge is 0.573 e. The summed E-state index contributed by atoms with van der Waals surface area (Å²) in [5.41, 5.74) is 8.42. The highest BCUT2D eigenvalue weighted by Crippen LogP contribution is 2.28. The molecule has 0 atom stereocenters. The fourth-order valence-electron chi connectivity index (χ4n) is 2.89. The summed E-state index contributed by atoms with van der Waals surface area (Å²) >= 11 is 0. The summed E-state index contributed by atoms with van der Waals surface area (Å²) < 4.78 is 42.6. The second kappa shape index (κ2) is 6.93. The number of hydrogen-bond acceptors (Lipinski definition) is 4. The number of nitrogens with zero attached hydrogens (tertiary/aromatic N) is 3. The van der Waals surface area contributed by atoms with Crippen LogP contribution in [0, 0.1) is 0 Å². The summed E-state index contributed by atoms with van der Waals surface area (Å²) in [6.07, 6.45) is -2.95. The van der Waals surface area contributed by atoms with Crippen LogP contribution in [0.2, 0.25) is 0 Å². The summed E-state index contributed by atoms with van der Waals surface area (Å²) in [7, 11) is 0. The van der Waals surface area contributed by atoms with E-state index in [1.54, 1.807) is 47.0 Å². The molecule has 0 fully saturated rings. The highest BCUT2D eigenvalue weighted by Gasteiger charge is 2.30. The van der Waals surface area contributed by atoms with Gasteiger partial charge in [0.05, 0.1) is 0 Å². The molecular weight excluding hydrogens is 385 g/mol. The lowest BCUT2D eigenvalue weighted by Gasteiger charge is -2.09. The molecule has 0 aliphatic heterocycles. The summed E-state index contributed by atoms with van der Waals surface area (Å²) in [5, 5.41) is 8.30. The zero-order valence-corrected chi connectivity index (χ0v) is 14.7. The molecule has 0 aliphatic rings. The van der Waals surface area contributed by atoms with E-state index in [2.05, 4.69) is 14.9 Å². The minimum absolute atomic E-state index is 0.290. The maximum atomic E-state index is 12.3. The Morgan fingerprint density at radius 3 is 2.10 bits per heavy atom. The van der Waals surface area contributed by atoms with Gasteiger partial charge in [0.25, 0.3) is 0 Å². The molecule has 9 heteroatoms. The molecule has 29 heavy (non-hydrogen) atoms. The molecule has 0 spiro atoms. The van der Waals surface area contributed by atoms with E-state index in [4.69, 9.17) is 5.73 Å². The number of halogens is 3. The second-order valence-electron chi connectivity index (χ2n) is 6.18. The third-order valence-corrected chi connectivity index (χ3v) is 4.25. The van der Waals surface area contributed by atoms with Gasteiger partial charge in [-0.2, -0.15) is 0 Å². The van der Waals surface area contributed by atoms with Gasteiger partial charge in [-0.25, -0.2) is 0 Å². The Morgan fingerprint density at radius 2 is 1.48 bits per heavy atom. The number of pyridine rings is 1. The molecule has 4 rings (SSSR count). The minimum atomic E-state index is -4.73. The van der Waals surface area contributed by atoms with Crippen molar-refractivity contribution in [1.29, 1.82) is 0 Å². The number of nitrogens with two attached hydrogens (primary N) is 1. The van der Waals surface area contributed by atoms with Gasteiger partial charge >= 0.3 is 6.36 Å². The van der Waals surface area contributed by atoms with Crippen LogP contribution in [-0.2, 0) is 0 Å². The van der Waals surface area contributed by atoms with Crippen molar-refractivity contribution in [1.82, 2.24) is 14.6 Å². The molecule has 0 unspecified atom stereocenters. The number of primary amides is 1. The number of carbonyl (C=O) groups is 1. The molecule has 2 heterocycles. The molecule has 2 N–H and O–H groups in total. The van der Waals surface area contributed by atoms with Crippen molar-refractivity contribution in [3.8, 4) is 28.3 Å². The zero-order chi connectivity index (χ0) is 20.6. The van der Waals surface area contributed by atoms with Gasteiger partial charge in [-0.3, -0.25) is 9.20 Å². The highest BCUT2D eigenvalue weighted by molar-refractivity contribution is 5.93. The normalized spacial score (nSPS) is 11.6. The van der Waals surface area contributed by atoms with Crippen LogP contribution in [0.5, 0.6) is 5.75 Å². The average molecular weight is 398 g/mol. The number of aromatic nitrogens is 3. The van der Waals surface area contributed by atoms with Crippen LogP contribution in [0.1, 0.15) is 10.4 Å². The third kappa shape index (κ3) is 3.88. The van der Waals surface area contributed by atoms with Gasteiger partial charge in [0.1, 0.15) is 5.75 Å². The predicted molar refractivity (Wildman–Crippen MR) is 99.1 cm³/mol. The zero-order valence-electron chi connectivity index (χ0n) is 14.7. The number of hydrogen-bond donors (Lipinski definition) is 1. The topological polar surface area (TPSA) is 82.5 Å². The van der Waals surface area contributed by atoms with Crippen molar-refractivity contribution in [2.45, 2.75) is 6.36 Å². The number of amides is 1. The molecule has 2 aromatic heterocycles. The van der Waals surface area contributed by atoms with Crippen molar-refractivity contribution >= 4 is 11.6 Å². The molecule has 0 aliphatic carbocycles. The molecule has 0 saturated carbocycles. The van der Waals surface area contributed by atoms with Crippen LogP contribution in [-0.4, -0.2) is 26.9 Å². The van der Waals surface area contributed by atoms with Crippen molar-refractivity contribution < 1.29 is 22.7 Å². The lowest BCUT2D eigenvalue weighted by Crippen LogP contribution is -2.16. The van der Waals surface area contributed by atoms with Crippen molar-refractivity contribution in [3.05, 3.63) is 72.4 Å². The molecule has 0 bridgehead atoms. The van der Waals surface area contributed by atoms with Gasteiger partial charge in [0, 0.05) is 17.3 Å². The van der Waals surface area contributed by atoms with Gasteiger partial charge in [0.15, 0.2) is 11.5 Å². The van der Waals surface area contributed by atoms with E-state index in [0.29, 0.717) is 22.6 Å². The van der Waals surface area contributed by atoms with Crippen LogP contribution in [0.15, 0.2) is 66.9 Å². The summed E-state index contributed by atoms with van der Waals surface area (Å²) in [4.78, 5) is 11.2. The van der Waals surface area contributed by atoms with E-state index >= 15 is 0 Å². The molecule has 0 saturated heterocycles. The van der Waals surface area contributed by atoms with Crippen molar-refractivity contribution in [2.24, 2.45) is 5.73 Å². The number of carbonyl (C=O) groups excluding carboxylic acids is 1. The fourth-order valence-corrected chi connectivity index (χ4v) is 2.89. The molecule has 2 aromatic carbocycles. The van der Waals surface area contributed by atoms with E-state index in [9.17, 15) is 18.0 Å². The molecule has 0 radical (unpaired) electrons. The van der Waals surface area contributed by atoms with Crippen LogP contribution in [0.25, 0.3) is 28.2 Å². The Balaban J connectivity index is 1.69. The molecular formula is C20H13F3N4O2. The van der Waals surface area contributed by atoms with Gasteiger partial charge < -0.3 is 10.5 Å². The van der Waals surface area contributed by atoms with E-state index < -0.39 is 12.3 Å². The Kier molecular flexibility index (Phi) is 4.42. The van der Waals surface area contributed by atoms with Gasteiger partial charge in [-0.05, 0) is 47.5 Å². The number of ether oxygens (including phenoxy) is 1. The van der Waals surface area contributed by atoms with Crippen molar-refractivity contribution in [2.75, 3.05) is 0 Å². The Hall–Kier alpha value is -3.88. The molecule has 6 nitrogen and oxygen atoms in total. The summed E-state index contributed by atoms with van der Waals surface area (Å²) in [5.74, 6) is -0.264. The quantitative estimate of drug-likeness (QED) is 0.562. The van der Waals surface area contributed by atoms with Gasteiger partial charge in [0.2, 0.25) is 5.91 Å². The van der Waals surface area contributed by atoms with Gasteiger partial charge in [-0.15, -0.1) is 23.4 Å². The smallest absolute Gasteiger partial charge is 0.406 e. The van der Waals surface area contributed by atoms with E-state index in [1.807, 2.05) is 0 Å². The lowest BCUT2D eigenvalue weighted by atomic mass is 10.1. The first-order chi connectivity index (χ1) is 13.8. The standard InChI is InChI=1S/C20H13F3N4O2/c21-20(22,23)29-16-8-5-12(6-9-16)15-7-10-17-25-26-19(27(17)11-15)14-3-1-13(2-4-14)18(24)28/h1-11H,(H2,24,28). The minimum Gasteiger partial charge on any atom is -0.406 e. The Labute approximate surface area is 162 Å². The van der Waals surface area contributed by atoms with Crippen LogP contribution >= 0.6 is 0 Å². The van der Waals surface area contributed by atoms with E-state index in [0.717, 1.165) is 11.1 Å². The first-order valence-corrected chi connectivity index (χ1v) is 8.41. The van der Waals surface area contributed by atoms with Gasteiger partial charge in [-0.1, -0.05) is 24.3 Å². The SMILES string of the molecule is NC(=O)c1ccc(-c2nnc3ccc(-c4ccc(OC(F)(F)F)cc4)cn23)cc1. The van der Waals surface area contributed by atoms with E-state index in [-0.39, 0.29) is 5.75 Å². The molecule has 4 aromatic rings. The Morgan fingerprint density at radius 1 is 0.862 bits per heavy atom. The third-order valence-electron chi connectivity index (χ3n) is 4.25. The number of fused-ring (bicyclic) bond motifs is 1. The number of alkyl halides is 3. The Bertz CT molecular complexity index is 1180.